The summed E-state index contributed by atoms with van der Waals surface area (Å²) in [6.07, 6.45) is 2.23. The number of thiophene rings is 1. The Morgan fingerprint density at radius 2 is 2.20 bits per heavy atom. The van der Waals surface area contributed by atoms with Crippen LogP contribution in [0.3, 0.4) is 0 Å². The SMILES string of the molecule is CC1(CNS(=O)(=O)c2ccc(Br)s2)CC1. The predicted molar refractivity (Wildman–Crippen MR) is 64.5 cm³/mol. The van der Waals surface area contributed by atoms with Gasteiger partial charge in [-0.25, -0.2) is 13.1 Å². The van der Waals surface area contributed by atoms with E-state index in [0.29, 0.717) is 10.8 Å². The molecule has 1 N–H and O–H groups in total. The van der Waals surface area contributed by atoms with Crippen molar-refractivity contribution in [3.05, 3.63) is 15.9 Å². The van der Waals surface area contributed by atoms with E-state index in [-0.39, 0.29) is 5.41 Å². The second kappa shape index (κ2) is 3.84. The van der Waals surface area contributed by atoms with Crippen molar-refractivity contribution >= 4 is 37.3 Å². The molecule has 6 heteroatoms. The van der Waals surface area contributed by atoms with Gasteiger partial charge in [0.1, 0.15) is 4.21 Å². The van der Waals surface area contributed by atoms with Crippen molar-refractivity contribution in [3.8, 4) is 0 Å². The lowest BCUT2D eigenvalue weighted by atomic mass is 10.2. The van der Waals surface area contributed by atoms with Gasteiger partial charge >= 0.3 is 0 Å². The Bertz CT molecular complexity index is 462. The molecule has 0 aromatic carbocycles. The molecular weight excluding hydrogens is 298 g/mol. The molecule has 1 heterocycles. The van der Waals surface area contributed by atoms with Crippen LogP contribution < -0.4 is 4.72 Å². The fourth-order valence-electron chi connectivity index (χ4n) is 1.17. The number of hydrogen-bond acceptors (Lipinski definition) is 3. The van der Waals surface area contributed by atoms with Gasteiger partial charge in [0.25, 0.3) is 0 Å². The van der Waals surface area contributed by atoms with Gasteiger partial charge in [0.2, 0.25) is 10.0 Å². The number of hydrogen-bond donors (Lipinski definition) is 1. The summed E-state index contributed by atoms with van der Waals surface area (Å²) in [6.45, 7) is 2.64. The van der Waals surface area contributed by atoms with Gasteiger partial charge in [0, 0.05) is 6.54 Å². The maximum Gasteiger partial charge on any atom is 0.250 e. The lowest BCUT2D eigenvalue weighted by molar-refractivity contribution is 0.531. The Hall–Kier alpha value is 0.0900. The molecular formula is C9H12BrNO2S2. The largest absolute Gasteiger partial charge is 0.250 e. The second-order valence-corrected chi connectivity index (χ2v) is 8.65. The zero-order chi connectivity index (χ0) is 11.1. The summed E-state index contributed by atoms with van der Waals surface area (Å²) in [5, 5.41) is 0. The van der Waals surface area contributed by atoms with Gasteiger partial charge in [-0.15, -0.1) is 11.3 Å². The topological polar surface area (TPSA) is 46.2 Å². The first-order valence-corrected chi connectivity index (χ1v) is 7.76. The molecule has 0 radical (unpaired) electrons. The lowest BCUT2D eigenvalue weighted by Gasteiger charge is -2.09. The van der Waals surface area contributed by atoms with E-state index in [9.17, 15) is 8.42 Å². The Morgan fingerprint density at radius 1 is 1.53 bits per heavy atom. The average molecular weight is 310 g/mol. The highest BCUT2D eigenvalue weighted by Gasteiger charge is 2.38. The Kier molecular flexibility index (Phi) is 2.96. The molecule has 1 aromatic rings. The molecule has 0 spiro atoms. The quantitative estimate of drug-likeness (QED) is 0.929. The van der Waals surface area contributed by atoms with Crippen molar-refractivity contribution < 1.29 is 8.42 Å². The molecule has 0 amide bonds. The molecule has 1 saturated carbocycles. The standard InChI is InChI=1S/C9H12BrNO2S2/c1-9(4-5-9)6-11-15(12,13)8-3-2-7(10)14-8/h2-3,11H,4-6H2,1H3. The van der Waals surface area contributed by atoms with Crippen LogP contribution in [0.1, 0.15) is 19.8 Å². The van der Waals surface area contributed by atoms with Crippen LogP contribution in [0.25, 0.3) is 0 Å². The van der Waals surface area contributed by atoms with E-state index in [2.05, 4.69) is 27.6 Å². The highest BCUT2D eigenvalue weighted by Crippen LogP contribution is 2.44. The van der Waals surface area contributed by atoms with Crippen molar-refractivity contribution in [2.75, 3.05) is 6.54 Å². The van der Waals surface area contributed by atoms with Gasteiger partial charge in [-0.05, 0) is 46.3 Å². The van der Waals surface area contributed by atoms with E-state index >= 15 is 0 Å². The summed E-state index contributed by atoms with van der Waals surface area (Å²) in [6, 6.07) is 3.37. The van der Waals surface area contributed by atoms with Crippen molar-refractivity contribution in [2.24, 2.45) is 5.41 Å². The summed E-state index contributed by atoms with van der Waals surface area (Å²) in [7, 11) is -3.29. The third-order valence-corrected chi connectivity index (χ3v) is 6.12. The first kappa shape index (κ1) is 11.6. The molecule has 3 nitrogen and oxygen atoms in total. The molecule has 15 heavy (non-hydrogen) atoms. The molecule has 1 fully saturated rings. The number of rotatable bonds is 4. The van der Waals surface area contributed by atoms with Gasteiger partial charge < -0.3 is 0 Å². The highest BCUT2D eigenvalue weighted by molar-refractivity contribution is 9.11. The average Bonchev–Trinajstić information content (AvgIpc) is 2.72. The minimum Gasteiger partial charge on any atom is -0.210 e. The van der Waals surface area contributed by atoms with Crippen molar-refractivity contribution in [2.45, 2.75) is 24.0 Å². The van der Waals surface area contributed by atoms with Crippen LogP contribution in [-0.4, -0.2) is 15.0 Å². The van der Waals surface area contributed by atoms with Gasteiger partial charge in [-0.3, -0.25) is 0 Å². The molecule has 0 atom stereocenters. The molecule has 84 valence electrons. The molecule has 1 aromatic heterocycles. The van der Waals surface area contributed by atoms with Crippen LogP contribution in [-0.2, 0) is 10.0 Å². The highest BCUT2D eigenvalue weighted by atomic mass is 79.9. The van der Waals surface area contributed by atoms with Crippen LogP contribution >= 0.6 is 27.3 Å². The minimum atomic E-state index is -3.29. The number of halogens is 1. The van der Waals surface area contributed by atoms with Crippen LogP contribution in [0.4, 0.5) is 0 Å². The van der Waals surface area contributed by atoms with Gasteiger partial charge in [-0.2, -0.15) is 0 Å². The van der Waals surface area contributed by atoms with Gasteiger partial charge in [0.15, 0.2) is 0 Å². The van der Waals surface area contributed by atoms with Gasteiger partial charge in [0.05, 0.1) is 3.79 Å². The van der Waals surface area contributed by atoms with E-state index in [0.717, 1.165) is 16.6 Å². The normalized spacial score (nSPS) is 19.1. The summed E-state index contributed by atoms with van der Waals surface area (Å²) < 4.78 is 27.5. The van der Waals surface area contributed by atoms with E-state index < -0.39 is 10.0 Å². The van der Waals surface area contributed by atoms with Gasteiger partial charge in [-0.1, -0.05) is 6.92 Å². The van der Waals surface area contributed by atoms with Crippen LogP contribution in [0.2, 0.25) is 0 Å². The zero-order valence-electron chi connectivity index (χ0n) is 8.29. The number of nitrogens with one attached hydrogen (secondary N) is 1. The van der Waals surface area contributed by atoms with E-state index in [1.165, 1.54) is 11.3 Å². The second-order valence-electron chi connectivity index (χ2n) is 4.19. The zero-order valence-corrected chi connectivity index (χ0v) is 11.5. The molecule has 1 aliphatic carbocycles. The third-order valence-electron chi connectivity index (χ3n) is 2.61. The smallest absolute Gasteiger partial charge is 0.210 e. The van der Waals surface area contributed by atoms with Crippen LogP contribution in [0.15, 0.2) is 20.1 Å². The third kappa shape index (κ3) is 2.81. The molecule has 0 unspecified atom stereocenters. The van der Waals surface area contributed by atoms with E-state index in [1.807, 2.05) is 0 Å². The molecule has 1 aliphatic rings. The maximum atomic E-state index is 11.8. The number of sulfonamides is 1. The monoisotopic (exact) mass is 309 g/mol. The summed E-state index contributed by atoms with van der Waals surface area (Å²) in [5.74, 6) is 0. The minimum absolute atomic E-state index is 0.196. The molecule has 2 rings (SSSR count). The van der Waals surface area contributed by atoms with E-state index in [1.54, 1.807) is 12.1 Å². The molecule has 0 saturated heterocycles. The van der Waals surface area contributed by atoms with Crippen molar-refractivity contribution in [1.82, 2.24) is 4.72 Å². The predicted octanol–water partition coefficient (Wildman–Crippen LogP) is 2.59. The Balaban J connectivity index is 2.06. The summed E-state index contributed by atoms with van der Waals surface area (Å²) >= 11 is 4.49. The first-order chi connectivity index (χ1) is 6.91. The fraction of sp³-hybridized carbons (Fsp3) is 0.556. The Labute approximate surface area is 102 Å². The van der Waals surface area contributed by atoms with Crippen molar-refractivity contribution in [1.29, 1.82) is 0 Å². The molecule has 0 bridgehead atoms. The fourth-order valence-corrected chi connectivity index (χ4v) is 4.43. The summed E-state index contributed by atoms with van der Waals surface area (Å²) in [4.78, 5) is 0. The Morgan fingerprint density at radius 3 is 2.67 bits per heavy atom. The molecule has 0 aliphatic heterocycles. The summed E-state index contributed by atoms with van der Waals surface area (Å²) in [5.41, 5.74) is 0.196. The lowest BCUT2D eigenvalue weighted by Crippen LogP contribution is -2.28. The van der Waals surface area contributed by atoms with E-state index in [4.69, 9.17) is 0 Å². The van der Waals surface area contributed by atoms with Crippen LogP contribution in [0.5, 0.6) is 0 Å². The van der Waals surface area contributed by atoms with Crippen molar-refractivity contribution in [3.63, 3.8) is 0 Å². The van der Waals surface area contributed by atoms with Crippen LogP contribution in [0, 0.1) is 5.41 Å². The first-order valence-electron chi connectivity index (χ1n) is 4.66. The maximum absolute atomic E-state index is 11.8.